The van der Waals surface area contributed by atoms with Crippen molar-refractivity contribution in [2.75, 3.05) is 24.2 Å². The molecule has 1 aliphatic heterocycles. The Morgan fingerprint density at radius 1 is 1.09 bits per heavy atom. The van der Waals surface area contributed by atoms with Gasteiger partial charge >= 0.3 is 6.03 Å². The lowest BCUT2D eigenvalue weighted by Crippen LogP contribution is -2.38. The largest absolute Gasteiger partial charge is 0.324 e. The van der Waals surface area contributed by atoms with E-state index in [4.69, 9.17) is 11.6 Å². The Hall–Kier alpha value is -2.37. The van der Waals surface area contributed by atoms with Gasteiger partial charge in [-0.25, -0.2) is 35.5 Å². The summed E-state index contributed by atoms with van der Waals surface area (Å²) in [5.41, 5.74) is -2.46. The van der Waals surface area contributed by atoms with Gasteiger partial charge in [0, 0.05) is 19.1 Å². The molecule has 33 heavy (non-hydrogen) atoms. The summed E-state index contributed by atoms with van der Waals surface area (Å²) < 4.78 is 84.5. The maximum Gasteiger partial charge on any atom is 0.321 e. The molecule has 0 aromatic heterocycles. The summed E-state index contributed by atoms with van der Waals surface area (Å²) in [6.07, 6.45) is 1.24. The maximum atomic E-state index is 14.8. The van der Waals surface area contributed by atoms with Gasteiger partial charge in [-0.3, -0.25) is 0 Å². The zero-order chi connectivity index (χ0) is 24.3. The first-order valence-electron chi connectivity index (χ1n) is 10.2. The molecule has 1 aliphatic rings. The van der Waals surface area contributed by atoms with Crippen LogP contribution in [0, 0.1) is 23.3 Å². The number of urea groups is 1. The van der Waals surface area contributed by atoms with E-state index < -0.39 is 61.2 Å². The zero-order valence-corrected chi connectivity index (χ0v) is 19.2. The number of hydrogen-bond acceptors (Lipinski definition) is 3. The summed E-state index contributed by atoms with van der Waals surface area (Å²) in [5, 5.41) is 1.51. The Bertz CT molecular complexity index is 1140. The van der Waals surface area contributed by atoms with E-state index in [-0.39, 0.29) is 24.9 Å². The minimum absolute atomic E-state index is 0.0789. The highest BCUT2D eigenvalue weighted by Gasteiger charge is 2.28. The van der Waals surface area contributed by atoms with Crippen molar-refractivity contribution in [2.24, 2.45) is 0 Å². The Balaban J connectivity index is 1.88. The van der Waals surface area contributed by atoms with Crippen molar-refractivity contribution in [3.05, 3.63) is 52.6 Å². The van der Waals surface area contributed by atoms with Crippen LogP contribution in [-0.4, -0.2) is 44.2 Å². The molecule has 0 saturated carbocycles. The summed E-state index contributed by atoms with van der Waals surface area (Å²) in [6, 6.07) is 2.20. The molecule has 1 fully saturated rings. The van der Waals surface area contributed by atoms with Crippen LogP contribution in [0.2, 0.25) is 5.02 Å². The van der Waals surface area contributed by atoms with Crippen molar-refractivity contribution in [3.63, 3.8) is 0 Å². The Labute approximate surface area is 194 Å². The Kier molecular flexibility index (Phi) is 7.86. The molecular formula is C21H22ClF4N3O3S. The van der Waals surface area contributed by atoms with Gasteiger partial charge in [0.1, 0.15) is 17.5 Å². The molecule has 1 heterocycles. The molecule has 2 N–H and O–H groups in total. The SMILES string of the molecule is CCS(=O)(=O)N[C@H]1CCCN(C(=O)Nc2c(F)cc(Cl)c(F)c2-c2c(F)cccc2F)CC1. The van der Waals surface area contributed by atoms with Crippen molar-refractivity contribution in [3.8, 4) is 11.1 Å². The number of amides is 2. The number of benzene rings is 2. The molecule has 0 unspecified atom stereocenters. The summed E-state index contributed by atoms with van der Waals surface area (Å²) in [5.74, 6) is -4.86. The van der Waals surface area contributed by atoms with E-state index in [1.165, 1.54) is 11.8 Å². The lowest BCUT2D eigenvalue weighted by molar-refractivity contribution is 0.213. The molecular weight excluding hydrogens is 486 g/mol. The van der Waals surface area contributed by atoms with Crippen molar-refractivity contribution in [1.29, 1.82) is 0 Å². The van der Waals surface area contributed by atoms with Crippen LogP contribution in [0.4, 0.5) is 28.0 Å². The zero-order valence-electron chi connectivity index (χ0n) is 17.6. The number of halogens is 5. The van der Waals surface area contributed by atoms with E-state index in [1.807, 2.05) is 0 Å². The number of nitrogens with zero attached hydrogens (tertiary/aromatic N) is 1. The third-order valence-electron chi connectivity index (χ3n) is 5.36. The van der Waals surface area contributed by atoms with Crippen molar-refractivity contribution in [2.45, 2.75) is 32.2 Å². The van der Waals surface area contributed by atoms with E-state index in [0.29, 0.717) is 25.3 Å². The number of hydrogen-bond donors (Lipinski definition) is 2. The topological polar surface area (TPSA) is 78.5 Å². The van der Waals surface area contributed by atoms with Gasteiger partial charge in [-0.2, -0.15) is 0 Å². The molecule has 12 heteroatoms. The van der Waals surface area contributed by atoms with Gasteiger partial charge in [0.2, 0.25) is 10.0 Å². The average Bonchev–Trinajstić information content (AvgIpc) is 2.98. The van der Waals surface area contributed by atoms with Crippen LogP contribution in [-0.2, 0) is 10.0 Å². The molecule has 2 amide bonds. The van der Waals surface area contributed by atoms with Crippen molar-refractivity contribution >= 4 is 33.3 Å². The van der Waals surface area contributed by atoms with Gasteiger partial charge in [0.05, 0.1) is 27.6 Å². The van der Waals surface area contributed by atoms with E-state index in [2.05, 4.69) is 10.0 Å². The molecule has 0 spiro atoms. The van der Waals surface area contributed by atoms with Crippen LogP contribution in [0.5, 0.6) is 0 Å². The summed E-state index contributed by atoms with van der Waals surface area (Å²) >= 11 is 5.69. The molecule has 2 aromatic rings. The number of carbonyl (C=O) groups is 1. The predicted octanol–water partition coefficient (Wildman–Crippen LogP) is 4.89. The van der Waals surface area contributed by atoms with Gasteiger partial charge < -0.3 is 10.2 Å². The lowest BCUT2D eigenvalue weighted by Gasteiger charge is -2.23. The first-order valence-corrected chi connectivity index (χ1v) is 12.2. The molecule has 0 aliphatic carbocycles. The van der Waals surface area contributed by atoms with Gasteiger partial charge in [-0.15, -0.1) is 0 Å². The van der Waals surface area contributed by atoms with E-state index >= 15 is 0 Å². The molecule has 180 valence electrons. The number of likely N-dealkylation sites (tertiary alicyclic amines) is 1. The van der Waals surface area contributed by atoms with Crippen LogP contribution in [0.1, 0.15) is 26.2 Å². The quantitative estimate of drug-likeness (QED) is 0.447. The van der Waals surface area contributed by atoms with E-state index in [1.54, 1.807) is 0 Å². The van der Waals surface area contributed by atoms with E-state index in [9.17, 15) is 30.8 Å². The van der Waals surface area contributed by atoms with Crippen LogP contribution in [0.25, 0.3) is 11.1 Å². The Morgan fingerprint density at radius 3 is 2.39 bits per heavy atom. The maximum absolute atomic E-state index is 14.8. The second-order valence-corrected chi connectivity index (χ2v) is 10.0. The highest BCUT2D eigenvalue weighted by molar-refractivity contribution is 7.89. The first kappa shape index (κ1) is 25.3. The number of sulfonamides is 1. The van der Waals surface area contributed by atoms with Crippen molar-refractivity contribution < 1.29 is 30.8 Å². The van der Waals surface area contributed by atoms with Crippen LogP contribution in [0.15, 0.2) is 24.3 Å². The third-order valence-corrected chi connectivity index (χ3v) is 7.09. The fourth-order valence-electron chi connectivity index (χ4n) is 3.63. The monoisotopic (exact) mass is 507 g/mol. The van der Waals surface area contributed by atoms with Crippen LogP contribution < -0.4 is 10.0 Å². The van der Waals surface area contributed by atoms with Gasteiger partial charge in [-0.1, -0.05) is 17.7 Å². The Morgan fingerprint density at radius 2 is 1.76 bits per heavy atom. The minimum atomic E-state index is -3.42. The third kappa shape index (κ3) is 5.77. The summed E-state index contributed by atoms with van der Waals surface area (Å²) in [7, 11) is -3.42. The molecule has 6 nitrogen and oxygen atoms in total. The molecule has 0 radical (unpaired) electrons. The van der Waals surface area contributed by atoms with Gasteiger partial charge in [-0.05, 0) is 44.4 Å². The van der Waals surface area contributed by atoms with Gasteiger partial charge in [0.25, 0.3) is 0 Å². The molecule has 1 saturated heterocycles. The smallest absolute Gasteiger partial charge is 0.321 e. The lowest BCUT2D eigenvalue weighted by atomic mass is 10.0. The fourth-order valence-corrected chi connectivity index (χ4v) is 4.73. The van der Waals surface area contributed by atoms with Gasteiger partial charge in [0.15, 0.2) is 5.82 Å². The van der Waals surface area contributed by atoms with Crippen molar-refractivity contribution in [1.82, 2.24) is 9.62 Å². The minimum Gasteiger partial charge on any atom is -0.324 e. The number of anilines is 1. The highest BCUT2D eigenvalue weighted by Crippen LogP contribution is 2.39. The fraction of sp³-hybridized carbons (Fsp3) is 0.381. The molecule has 1 atom stereocenters. The molecule has 2 aromatic carbocycles. The van der Waals surface area contributed by atoms with Crippen LogP contribution in [0.3, 0.4) is 0 Å². The summed E-state index contributed by atoms with van der Waals surface area (Å²) in [4.78, 5) is 14.1. The normalized spacial score (nSPS) is 17.0. The second kappa shape index (κ2) is 10.3. The molecule has 0 bridgehead atoms. The standard InChI is InChI=1S/C21H22ClF4N3O3S/c1-2-33(31,32)28-12-5-4-9-29(10-8-12)21(30)27-20-16(25)11-13(22)19(26)18(20)17-14(23)6-3-7-15(17)24/h3,6-7,11-12,28H,2,4-5,8-10H2,1H3,(H,27,30)/t12-/m0/s1. The number of carbonyl (C=O) groups excluding carboxylic acids is 1. The second-order valence-electron chi connectivity index (χ2n) is 7.57. The highest BCUT2D eigenvalue weighted by atomic mass is 35.5. The molecule has 3 rings (SSSR count). The number of rotatable bonds is 5. The predicted molar refractivity (Wildman–Crippen MR) is 118 cm³/mol. The van der Waals surface area contributed by atoms with Crippen LogP contribution >= 0.6 is 11.6 Å². The first-order chi connectivity index (χ1) is 15.5. The summed E-state index contributed by atoms with van der Waals surface area (Å²) in [6.45, 7) is 1.86. The number of nitrogens with one attached hydrogen (secondary N) is 2. The van der Waals surface area contributed by atoms with E-state index in [0.717, 1.165) is 18.2 Å². The average molecular weight is 508 g/mol.